The number of para-hydroxylation sites is 1. The SMILES string of the molecule is CCc1ccccc1NC(=O)COC(=O)CCc1ccc(OC)c(OC)c1. The van der Waals surface area contributed by atoms with E-state index in [1.807, 2.05) is 43.3 Å². The first-order valence-corrected chi connectivity index (χ1v) is 8.81. The van der Waals surface area contributed by atoms with E-state index in [2.05, 4.69) is 5.32 Å². The first-order chi connectivity index (χ1) is 13.1. The molecule has 0 fully saturated rings. The third-order valence-electron chi connectivity index (χ3n) is 4.10. The van der Waals surface area contributed by atoms with Crippen LogP contribution >= 0.6 is 0 Å². The Morgan fingerprint density at radius 2 is 1.74 bits per heavy atom. The molecule has 0 saturated carbocycles. The second-order valence-corrected chi connectivity index (χ2v) is 5.91. The Labute approximate surface area is 159 Å². The van der Waals surface area contributed by atoms with Gasteiger partial charge in [-0.05, 0) is 42.2 Å². The summed E-state index contributed by atoms with van der Waals surface area (Å²) < 4.78 is 15.5. The number of amides is 1. The van der Waals surface area contributed by atoms with Gasteiger partial charge in [-0.1, -0.05) is 31.2 Å². The van der Waals surface area contributed by atoms with Crippen LogP contribution in [0.15, 0.2) is 42.5 Å². The van der Waals surface area contributed by atoms with Crippen molar-refractivity contribution in [3.63, 3.8) is 0 Å². The number of anilines is 1. The van der Waals surface area contributed by atoms with E-state index in [9.17, 15) is 9.59 Å². The van der Waals surface area contributed by atoms with Gasteiger partial charge in [0.25, 0.3) is 5.91 Å². The van der Waals surface area contributed by atoms with Crippen molar-refractivity contribution in [1.29, 1.82) is 0 Å². The highest BCUT2D eigenvalue weighted by molar-refractivity contribution is 5.93. The van der Waals surface area contributed by atoms with Crippen LogP contribution in [-0.4, -0.2) is 32.7 Å². The van der Waals surface area contributed by atoms with Crippen LogP contribution in [0.3, 0.4) is 0 Å². The number of carbonyl (C=O) groups excluding carboxylic acids is 2. The number of hydrogen-bond donors (Lipinski definition) is 1. The van der Waals surface area contributed by atoms with Crippen LogP contribution in [0.5, 0.6) is 11.5 Å². The Balaban J connectivity index is 1.80. The van der Waals surface area contributed by atoms with Crippen molar-refractivity contribution in [3.8, 4) is 11.5 Å². The van der Waals surface area contributed by atoms with Gasteiger partial charge in [0, 0.05) is 12.1 Å². The van der Waals surface area contributed by atoms with Gasteiger partial charge in [0.1, 0.15) is 0 Å². The number of esters is 1. The molecular formula is C21H25NO5. The van der Waals surface area contributed by atoms with Crippen LogP contribution in [0.2, 0.25) is 0 Å². The molecule has 0 spiro atoms. The molecule has 6 nitrogen and oxygen atoms in total. The fourth-order valence-electron chi connectivity index (χ4n) is 2.64. The smallest absolute Gasteiger partial charge is 0.306 e. The molecule has 0 aliphatic carbocycles. The van der Waals surface area contributed by atoms with Crippen molar-refractivity contribution in [2.45, 2.75) is 26.2 Å². The number of carbonyl (C=O) groups is 2. The van der Waals surface area contributed by atoms with E-state index in [1.165, 1.54) is 0 Å². The maximum Gasteiger partial charge on any atom is 0.306 e. The number of rotatable bonds is 9. The summed E-state index contributed by atoms with van der Waals surface area (Å²) >= 11 is 0. The van der Waals surface area contributed by atoms with Gasteiger partial charge in [-0.25, -0.2) is 0 Å². The fourth-order valence-corrected chi connectivity index (χ4v) is 2.64. The van der Waals surface area contributed by atoms with Gasteiger partial charge >= 0.3 is 5.97 Å². The lowest BCUT2D eigenvalue weighted by Gasteiger charge is -2.11. The minimum Gasteiger partial charge on any atom is -0.493 e. The van der Waals surface area contributed by atoms with E-state index < -0.39 is 5.97 Å². The summed E-state index contributed by atoms with van der Waals surface area (Å²) in [6.07, 6.45) is 1.47. The molecule has 1 N–H and O–H groups in total. The summed E-state index contributed by atoms with van der Waals surface area (Å²) in [5.41, 5.74) is 2.70. The molecule has 0 heterocycles. The quantitative estimate of drug-likeness (QED) is 0.684. The van der Waals surface area contributed by atoms with E-state index in [4.69, 9.17) is 14.2 Å². The largest absolute Gasteiger partial charge is 0.493 e. The van der Waals surface area contributed by atoms with Crippen LogP contribution in [0.1, 0.15) is 24.5 Å². The first kappa shape index (κ1) is 20.3. The zero-order valence-corrected chi connectivity index (χ0v) is 15.9. The lowest BCUT2D eigenvalue weighted by molar-refractivity contribution is -0.147. The lowest BCUT2D eigenvalue weighted by Crippen LogP contribution is -2.21. The minimum absolute atomic E-state index is 0.175. The van der Waals surface area contributed by atoms with Gasteiger partial charge in [-0.2, -0.15) is 0 Å². The molecule has 0 unspecified atom stereocenters. The lowest BCUT2D eigenvalue weighted by atomic mass is 10.1. The van der Waals surface area contributed by atoms with Crippen molar-refractivity contribution in [1.82, 2.24) is 0 Å². The second-order valence-electron chi connectivity index (χ2n) is 5.91. The third-order valence-corrected chi connectivity index (χ3v) is 4.10. The van der Waals surface area contributed by atoms with Gasteiger partial charge in [-0.15, -0.1) is 0 Å². The van der Waals surface area contributed by atoms with Crippen LogP contribution < -0.4 is 14.8 Å². The molecule has 27 heavy (non-hydrogen) atoms. The monoisotopic (exact) mass is 371 g/mol. The van der Waals surface area contributed by atoms with Gasteiger partial charge in [0.05, 0.1) is 14.2 Å². The summed E-state index contributed by atoms with van der Waals surface area (Å²) in [5, 5.41) is 2.77. The Hall–Kier alpha value is -3.02. The molecule has 0 bridgehead atoms. The molecule has 0 aliphatic rings. The first-order valence-electron chi connectivity index (χ1n) is 8.81. The maximum atomic E-state index is 12.0. The van der Waals surface area contributed by atoms with Gasteiger partial charge in [0.15, 0.2) is 18.1 Å². The molecule has 2 aromatic carbocycles. The highest BCUT2D eigenvalue weighted by Gasteiger charge is 2.11. The van der Waals surface area contributed by atoms with E-state index >= 15 is 0 Å². The molecule has 0 radical (unpaired) electrons. The van der Waals surface area contributed by atoms with Crippen molar-refractivity contribution in [3.05, 3.63) is 53.6 Å². The highest BCUT2D eigenvalue weighted by Crippen LogP contribution is 2.28. The number of aryl methyl sites for hydroxylation is 2. The summed E-state index contributed by atoms with van der Waals surface area (Å²) in [6.45, 7) is 1.71. The Morgan fingerprint density at radius 3 is 2.44 bits per heavy atom. The molecule has 0 aliphatic heterocycles. The Bertz CT molecular complexity index is 788. The zero-order valence-electron chi connectivity index (χ0n) is 15.9. The normalized spacial score (nSPS) is 10.2. The topological polar surface area (TPSA) is 73.9 Å². The number of ether oxygens (including phenoxy) is 3. The molecule has 0 saturated heterocycles. The molecule has 0 aromatic heterocycles. The van der Waals surface area contributed by atoms with Gasteiger partial charge < -0.3 is 19.5 Å². The van der Waals surface area contributed by atoms with Gasteiger partial charge in [-0.3, -0.25) is 9.59 Å². The third kappa shape index (κ3) is 6.02. The van der Waals surface area contributed by atoms with E-state index in [0.717, 1.165) is 23.2 Å². The Kier molecular flexibility index (Phi) is 7.67. The van der Waals surface area contributed by atoms with E-state index in [1.54, 1.807) is 20.3 Å². The van der Waals surface area contributed by atoms with Crippen LogP contribution in [0.4, 0.5) is 5.69 Å². The fraction of sp³-hybridized carbons (Fsp3) is 0.333. The summed E-state index contributed by atoms with van der Waals surface area (Å²) in [5.74, 6) is 0.462. The van der Waals surface area contributed by atoms with Crippen LogP contribution in [0, 0.1) is 0 Å². The number of methoxy groups -OCH3 is 2. The second kappa shape index (κ2) is 10.2. The Morgan fingerprint density at radius 1 is 1.00 bits per heavy atom. The van der Waals surface area contributed by atoms with Crippen molar-refractivity contribution < 1.29 is 23.8 Å². The van der Waals surface area contributed by atoms with Crippen molar-refractivity contribution in [2.24, 2.45) is 0 Å². The summed E-state index contributed by atoms with van der Waals surface area (Å²) in [6, 6.07) is 13.0. The average Bonchev–Trinajstić information content (AvgIpc) is 2.70. The molecule has 6 heteroatoms. The highest BCUT2D eigenvalue weighted by atomic mass is 16.5. The van der Waals surface area contributed by atoms with Crippen LogP contribution in [0.25, 0.3) is 0 Å². The maximum absolute atomic E-state index is 12.0. The van der Waals surface area contributed by atoms with Gasteiger partial charge in [0.2, 0.25) is 0 Å². The van der Waals surface area contributed by atoms with E-state index in [0.29, 0.717) is 17.9 Å². The number of hydrogen-bond acceptors (Lipinski definition) is 5. The summed E-state index contributed by atoms with van der Waals surface area (Å²) in [4.78, 5) is 23.9. The molecule has 1 amide bonds. The predicted molar refractivity (Wildman–Crippen MR) is 103 cm³/mol. The van der Waals surface area contributed by atoms with Crippen LogP contribution in [-0.2, 0) is 27.2 Å². The standard InChI is InChI=1S/C21H25NO5/c1-4-16-7-5-6-8-17(16)22-20(23)14-27-21(24)12-10-15-9-11-18(25-2)19(13-15)26-3/h5-9,11,13H,4,10,12,14H2,1-3H3,(H,22,23). The summed E-state index contributed by atoms with van der Waals surface area (Å²) in [7, 11) is 3.13. The molecule has 0 atom stereocenters. The molecule has 2 rings (SSSR count). The number of nitrogens with one attached hydrogen (secondary N) is 1. The van der Waals surface area contributed by atoms with E-state index in [-0.39, 0.29) is 18.9 Å². The average molecular weight is 371 g/mol. The van der Waals surface area contributed by atoms with Crippen molar-refractivity contribution >= 4 is 17.6 Å². The minimum atomic E-state index is -0.427. The molecular weight excluding hydrogens is 346 g/mol. The molecule has 144 valence electrons. The predicted octanol–water partition coefficient (Wildman–Crippen LogP) is 3.38. The molecule has 2 aromatic rings. The number of benzene rings is 2. The zero-order chi connectivity index (χ0) is 19.6. The van der Waals surface area contributed by atoms with Crippen molar-refractivity contribution in [2.75, 3.05) is 26.1 Å².